The van der Waals surface area contributed by atoms with Gasteiger partial charge in [0.05, 0.1) is 0 Å². The first kappa shape index (κ1) is 8.83. The molecule has 2 N–H and O–H groups in total. The average molecular weight is 170 g/mol. The molecule has 62 valence electrons. The Balaban J connectivity index is 3.07. The van der Waals surface area contributed by atoms with Crippen LogP contribution in [0.5, 0.6) is 0 Å². The lowest BCUT2D eigenvalue weighted by Crippen LogP contribution is -2.10. The number of hydrogen-bond acceptors (Lipinski definition) is 2. The summed E-state index contributed by atoms with van der Waals surface area (Å²) in [4.78, 5) is 10.7. The molecule has 0 aliphatic carbocycles. The van der Waals surface area contributed by atoms with Crippen LogP contribution in [0.3, 0.4) is 0 Å². The van der Waals surface area contributed by atoms with E-state index in [0.717, 1.165) is 0 Å². The monoisotopic (exact) mass is 170 g/mol. The number of rotatable bonds is 1. The summed E-state index contributed by atoms with van der Waals surface area (Å²) in [7, 11) is 0. The van der Waals surface area contributed by atoms with Crippen LogP contribution in [0.15, 0.2) is 24.3 Å². The van der Waals surface area contributed by atoms with E-state index in [9.17, 15) is 4.79 Å². The molecule has 0 aliphatic rings. The van der Waals surface area contributed by atoms with Crippen LogP contribution in [0.1, 0.15) is 15.9 Å². The Morgan fingerprint density at radius 2 is 2.23 bits per heavy atom. The van der Waals surface area contributed by atoms with Gasteiger partial charge in [0.2, 0.25) is 5.91 Å². The lowest BCUT2D eigenvalue weighted by atomic mass is 10.1. The van der Waals surface area contributed by atoms with E-state index in [1.165, 1.54) is 0 Å². The zero-order chi connectivity index (χ0) is 9.68. The second-order valence-electron chi connectivity index (χ2n) is 2.31. The molecule has 0 unspecified atom stereocenters. The lowest BCUT2D eigenvalue weighted by Gasteiger charge is -1.94. The maximum absolute atomic E-state index is 10.7. The van der Waals surface area contributed by atoms with Crippen molar-refractivity contribution in [2.75, 3.05) is 0 Å². The van der Waals surface area contributed by atoms with E-state index >= 15 is 0 Å². The molecule has 1 amide bonds. The third-order valence-corrected chi connectivity index (χ3v) is 1.41. The largest absolute Gasteiger partial charge is 0.366 e. The first-order valence-corrected chi connectivity index (χ1v) is 3.54. The predicted octanol–water partition coefficient (Wildman–Crippen LogP) is 0.661. The van der Waals surface area contributed by atoms with E-state index in [0.29, 0.717) is 11.1 Å². The molecule has 0 saturated carbocycles. The normalized spacial score (nSPS) is 7.92. The van der Waals surface area contributed by atoms with Gasteiger partial charge >= 0.3 is 0 Å². The molecule has 0 heterocycles. The molecule has 0 bridgehead atoms. The third-order valence-electron chi connectivity index (χ3n) is 1.41. The first-order valence-electron chi connectivity index (χ1n) is 3.54. The van der Waals surface area contributed by atoms with Crippen molar-refractivity contribution in [1.29, 1.82) is 5.26 Å². The van der Waals surface area contributed by atoms with Crippen molar-refractivity contribution in [2.45, 2.75) is 0 Å². The van der Waals surface area contributed by atoms with Gasteiger partial charge in [-0.1, -0.05) is 12.0 Å². The summed E-state index contributed by atoms with van der Waals surface area (Å²) in [6.07, 6.45) is 0. The van der Waals surface area contributed by atoms with Crippen LogP contribution in [-0.4, -0.2) is 5.91 Å². The van der Waals surface area contributed by atoms with Gasteiger partial charge in [-0.05, 0) is 18.2 Å². The molecule has 0 fully saturated rings. The summed E-state index contributed by atoms with van der Waals surface area (Å²) >= 11 is 0. The molecule has 0 spiro atoms. The predicted molar refractivity (Wildman–Crippen MR) is 47.5 cm³/mol. The Bertz CT molecular complexity index is 432. The van der Waals surface area contributed by atoms with Gasteiger partial charge in [-0.3, -0.25) is 4.79 Å². The highest BCUT2D eigenvalue weighted by molar-refractivity contribution is 5.93. The number of nitrogens with two attached hydrogens (primary N) is 1. The highest BCUT2D eigenvalue weighted by atomic mass is 16.1. The maximum Gasteiger partial charge on any atom is 0.248 e. The first-order chi connectivity index (χ1) is 6.24. The van der Waals surface area contributed by atoms with E-state index in [4.69, 9.17) is 11.0 Å². The van der Waals surface area contributed by atoms with Crippen molar-refractivity contribution in [3.05, 3.63) is 35.4 Å². The van der Waals surface area contributed by atoms with Gasteiger partial charge in [-0.15, -0.1) is 0 Å². The number of amides is 1. The van der Waals surface area contributed by atoms with Crippen LogP contribution in [0.4, 0.5) is 0 Å². The van der Waals surface area contributed by atoms with Crippen LogP contribution in [-0.2, 0) is 0 Å². The van der Waals surface area contributed by atoms with Crippen LogP contribution >= 0.6 is 0 Å². The number of primary amides is 1. The fourth-order valence-corrected chi connectivity index (χ4v) is 0.850. The number of carbonyl (C=O) groups is 1. The quantitative estimate of drug-likeness (QED) is 0.629. The zero-order valence-corrected chi connectivity index (χ0v) is 6.74. The Morgan fingerprint density at radius 1 is 1.46 bits per heavy atom. The molecule has 0 atom stereocenters. The van der Waals surface area contributed by atoms with Crippen molar-refractivity contribution in [2.24, 2.45) is 5.73 Å². The van der Waals surface area contributed by atoms with Gasteiger partial charge in [0.15, 0.2) is 6.07 Å². The molecule has 3 nitrogen and oxygen atoms in total. The Labute approximate surface area is 75.8 Å². The van der Waals surface area contributed by atoms with Crippen molar-refractivity contribution < 1.29 is 4.79 Å². The molecule has 0 saturated heterocycles. The Hall–Kier alpha value is -2.26. The number of hydrogen-bond donors (Lipinski definition) is 1. The Kier molecular flexibility index (Phi) is 2.68. The fourth-order valence-electron chi connectivity index (χ4n) is 0.850. The van der Waals surface area contributed by atoms with E-state index in [1.54, 1.807) is 30.3 Å². The third kappa shape index (κ3) is 2.36. The summed E-state index contributed by atoms with van der Waals surface area (Å²) in [5.41, 5.74) is 6.06. The van der Waals surface area contributed by atoms with Gasteiger partial charge < -0.3 is 5.73 Å². The number of benzene rings is 1. The molecule has 0 aromatic heterocycles. The summed E-state index contributed by atoms with van der Waals surface area (Å²) in [5.74, 6) is 4.31. The number of carbonyl (C=O) groups excluding carboxylic acids is 1. The number of nitriles is 1. The van der Waals surface area contributed by atoms with Crippen LogP contribution < -0.4 is 5.73 Å². The second kappa shape index (κ2) is 3.94. The molecule has 0 radical (unpaired) electrons. The highest BCUT2D eigenvalue weighted by Crippen LogP contribution is 2.02. The molecule has 3 heteroatoms. The molecular formula is C10H6N2O. The van der Waals surface area contributed by atoms with Crippen molar-refractivity contribution in [1.82, 2.24) is 0 Å². The minimum atomic E-state index is -0.499. The maximum atomic E-state index is 10.7. The van der Waals surface area contributed by atoms with Crippen molar-refractivity contribution >= 4 is 5.91 Å². The molecule has 0 aliphatic heterocycles. The molecule has 1 aromatic rings. The molecular weight excluding hydrogens is 164 g/mol. The van der Waals surface area contributed by atoms with E-state index in [2.05, 4.69) is 11.8 Å². The van der Waals surface area contributed by atoms with Crippen molar-refractivity contribution in [3.63, 3.8) is 0 Å². The summed E-state index contributed by atoms with van der Waals surface area (Å²) in [5, 5.41) is 8.19. The standard InChI is InChI=1S/C10H6N2O/c11-6-2-4-8-3-1-5-9(7-8)10(12)13/h1,3,5,7H,(H2,12,13). The lowest BCUT2D eigenvalue weighted by molar-refractivity contribution is 0.100. The fraction of sp³-hybridized carbons (Fsp3) is 0. The molecule has 1 aromatic carbocycles. The summed E-state index contributed by atoms with van der Waals surface area (Å²) in [6.45, 7) is 0. The van der Waals surface area contributed by atoms with Crippen LogP contribution in [0, 0.1) is 23.2 Å². The smallest absolute Gasteiger partial charge is 0.248 e. The summed E-state index contributed by atoms with van der Waals surface area (Å²) in [6, 6.07) is 8.21. The zero-order valence-electron chi connectivity index (χ0n) is 6.74. The molecule has 1 rings (SSSR count). The SMILES string of the molecule is N#CC#Cc1cccc(C(N)=O)c1. The highest BCUT2D eigenvalue weighted by Gasteiger charge is 1.98. The Morgan fingerprint density at radius 3 is 2.85 bits per heavy atom. The molecule has 13 heavy (non-hydrogen) atoms. The average Bonchev–Trinajstić information content (AvgIpc) is 2.15. The van der Waals surface area contributed by atoms with Crippen molar-refractivity contribution in [3.8, 4) is 17.9 Å². The minimum Gasteiger partial charge on any atom is -0.366 e. The van der Waals surface area contributed by atoms with Gasteiger partial charge in [-0.25, -0.2) is 0 Å². The van der Waals surface area contributed by atoms with Gasteiger partial charge in [0.25, 0.3) is 0 Å². The van der Waals surface area contributed by atoms with Gasteiger partial charge in [0.1, 0.15) is 0 Å². The number of nitrogens with zero attached hydrogens (tertiary/aromatic N) is 1. The van der Waals surface area contributed by atoms with Crippen LogP contribution in [0.2, 0.25) is 0 Å². The van der Waals surface area contributed by atoms with E-state index in [1.807, 2.05) is 0 Å². The van der Waals surface area contributed by atoms with E-state index < -0.39 is 5.91 Å². The van der Waals surface area contributed by atoms with Crippen LogP contribution in [0.25, 0.3) is 0 Å². The topological polar surface area (TPSA) is 66.9 Å². The van der Waals surface area contributed by atoms with Gasteiger partial charge in [0, 0.05) is 17.0 Å². The minimum absolute atomic E-state index is 0.393. The second-order valence-corrected chi connectivity index (χ2v) is 2.31. The van der Waals surface area contributed by atoms with E-state index in [-0.39, 0.29) is 0 Å². The summed E-state index contributed by atoms with van der Waals surface area (Å²) < 4.78 is 0. The van der Waals surface area contributed by atoms with Gasteiger partial charge in [-0.2, -0.15) is 5.26 Å².